The molecule has 0 radical (unpaired) electrons. The molecule has 104 valence electrons. The second-order valence-electron chi connectivity index (χ2n) is 4.91. The first-order valence-electron chi connectivity index (χ1n) is 5.87. The molecule has 1 rings (SSSR count). The van der Waals surface area contributed by atoms with Crippen molar-refractivity contribution in [2.24, 2.45) is 0 Å². The number of ether oxygens (including phenoxy) is 1. The van der Waals surface area contributed by atoms with E-state index in [0.717, 1.165) is 5.56 Å². The second kappa shape index (κ2) is 5.73. The van der Waals surface area contributed by atoms with Crippen molar-refractivity contribution in [3.05, 3.63) is 29.3 Å². The molecule has 0 saturated heterocycles. The lowest BCUT2D eigenvalue weighted by molar-refractivity contribution is -0.141. The lowest BCUT2D eigenvalue weighted by Crippen LogP contribution is -2.29. The Labute approximate surface area is 111 Å². The van der Waals surface area contributed by atoms with Gasteiger partial charge in [0.25, 0.3) is 0 Å². The Kier molecular flexibility index (Phi) is 4.53. The van der Waals surface area contributed by atoms with Crippen LogP contribution in [0.25, 0.3) is 0 Å². The third-order valence-electron chi connectivity index (χ3n) is 3.09. The van der Waals surface area contributed by atoms with Gasteiger partial charge in [0.05, 0.1) is 20.0 Å². The van der Waals surface area contributed by atoms with Crippen molar-refractivity contribution in [2.45, 2.75) is 32.1 Å². The Morgan fingerprint density at radius 1 is 1.21 bits per heavy atom. The van der Waals surface area contributed by atoms with Gasteiger partial charge in [0.2, 0.25) is 0 Å². The fourth-order valence-corrected chi connectivity index (χ4v) is 2.21. The highest BCUT2D eigenvalue weighted by atomic mass is 16.5. The number of carboxylic acids is 2. The highest BCUT2D eigenvalue weighted by Crippen LogP contribution is 2.38. The molecule has 2 N–H and O–H groups in total. The molecular formula is C14H18O5. The van der Waals surface area contributed by atoms with Crippen molar-refractivity contribution >= 4 is 11.9 Å². The summed E-state index contributed by atoms with van der Waals surface area (Å²) in [6.45, 7) is 3.50. The van der Waals surface area contributed by atoms with Crippen LogP contribution < -0.4 is 4.74 Å². The van der Waals surface area contributed by atoms with Gasteiger partial charge in [-0.25, -0.2) is 0 Å². The maximum Gasteiger partial charge on any atom is 0.304 e. The molecule has 0 bridgehead atoms. The third kappa shape index (κ3) is 3.71. The summed E-state index contributed by atoms with van der Waals surface area (Å²) in [5.41, 5.74) is 0.535. The Hall–Kier alpha value is -2.04. The SMILES string of the molecule is COc1ccc(C)cc1C(C)(CC(=O)O)CC(=O)O. The molecule has 19 heavy (non-hydrogen) atoms. The van der Waals surface area contributed by atoms with Gasteiger partial charge in [-0.15, -0.1) is 0 Å². The van der Waals surface area contributed by atoms with Gasteiger partial charge in [-0.3, -0.25) is 9.59 Å². The average Bonchev–Trinajstić information content (AvgIpc) is 2.26. The fraction of sp³-hybridized carbons (Fsp3) is 0.429. The smallest absolute Gasteiger partial charge is 0.304 e. The minimum atomic E-state index is -1.03. The normalized spacial score (nSPS) is 11.1. The summed E-state index contributed by atoms with van der Waals surface area (Å²) in [6.07, 6.45) is -0.530. The van der Waals surface area contributed by atoms with Crippen LogP contribution in [0.5, 0.6) is 5.75 Å². The maximum absolute atomic E-state index is 11.0. The number of hydrogen-bond acceptors (Lipinski definition) is 3. The molecular weight excluding hydrogens is 248 g/mol. The zero-order valence-corrected chi connectivity index (χ0v) is 11.3. The van der Waals surface area contributed by atoms with Crippen LogP contribution in [0.2, 0.25) is 0 Å². The number of methoxy groups -OCH3 is 1. The van der Waals surface area contributed by atoms with Crippen LogP contribution in [0, 0.1) is 6.92 Å². The van der Waals surface area contributed by atoms with Crippen molar-refractivity contribution in [3.8, 4) is 5.75 Å². The van der Waals surface area contributed by atoms with Crippen molar-refractivity contribution in [1.29, 1.82) is 0 Å². The molecule has 0 aliphatic rings. The quantitative estimate of drug-likeness (QED) is 0.824. The lowest BCUT2D eigenvalue weighted by Gasteiger charge is -2.28. The Morgan fingerprint density at radius 3 is 2.16 bits per heavy atom. The fourth-order valence-electron chi connectivity index (χ4n) is 2.21. The van der Waals surface area contributed by atoms with Crippen LogP contribution >= 0.6 is 0 Å². The van der Waals surface area contributed by atoms with E-state index in [0.29, 0.717) is 11.3 Å². The number of aliphatic carboxylic acids is 2. The van der Waals surface area contributed by atoms with E-state index in [-0.39, 0.29) is 12.8 Å². The summed E-state index contributed by atoms with van der Waals surface area (Å²) in [5.74, 6) is -1.56. The molecule has 0 unspecified atom stereocenters. The minimum Gasteiger partial charge on any atom is -0.496 e. The first kappa shape index (κ1) is 15.0. The summed E-state index contributed by atoms with van der Waals surface area (Å²) >= 11 is 0. The average molecular weight is 266 g/mol. The minimum absolute atomic E-state index is 0.265. The van der Waals surface area contributed by atoms with E-state index in [1.807, 2.05) is 13.0 Å². The monoisotopic (exact) mass is 266 g/mol. The zero-order valence-electron chi connectivity index (χ0n) is 11.3. The van der Waals surface area contributed by atoms with Gasteiger partial charge < -0.3 is 14.9 Å². The largest absolute Gasteiger partial charge is 0.496 e. The highest BCUT2D eigenvalue weighted by molar-refractivity contribution is 5.74. The molecule has 0 spiro atoms. The number of hydrogen-bond donors (Lipinski definition) is 2. The van der Waals surface area contributed by atoms with Crippen LogP contribution in [0.4, 0.5) is 0 Å². The van der Waals surface area contributed by atoms with Crippen LogP contribution in [0.3, 0.4) is 0 Å². The number of rotatable bonds is 6. The molecule has 0 heterocycles. The van der Waals surface area contributed by atoms with E-state index in [1.165, 1.54) is 7.11 Å². The first-order valence-corrected chi connectivity index (χ1v) is 5.87. The van der Waals surface area contributed by atoms with Gasteiger partial charge in [-0.05, 0) is 13.0 Å². The molecule has 0 atom stereocenters. The Bertz CT molecular complexity index is 477. The molecule has 0 aliphatic carbocycles. The van der Waals surface area contributed by atoms with Crippen molar-refractivity contribution in [1.82, 2.24) is 0 Å². The van der Waals surface area contributed by atoms with Crippen LogP contribution in [0.1, 0.15) is 30.9 Å². The number of benzene rings is 1. The predicted octanol–water partition coefficient (Wildman–Crippen LogP) is 2.21. The van der Waals surface area contributed by atoms with E-state index >= 15 is 0 Å². The van der Waals surface area contributed by atoms with Crippen LogP contribution in [-0.2, 0) is 15.0 Å². The molecule has 5 nitrogen and oxygen atoms in total. The topological polar surface area (TPSA) is 83.8 Å². The maximum atomic E-state index is 11.0. The number of aryl methyl sites for hydroxylation is 1. The summed E-state index contributed by atoms with van der Waals surface area (Å²) in [5, 5.41) is 18.0. The van der Waals surface area contributed by atoms with Crippen molar-refractivity contribution in [2.75, 3.05) is 7.11 Å². The predicted molar refractivity (Wildman–Crippen MR) is 69.6 cm³/mol. The van der Waals surface area contributed by atoms with E-state index in [1.54, 1.807) is 19.1 Å². The second-order valence-corrected chi connectivity index (χ2v) is 4.91. The van der Waals surface area contributed by atoms with E-state index < -0.39 is 17.4 Å². The lowest BCUT2D eigenvalue weighted by atomic mass is 9.76. The summed E-state index contributed by atoms with van der Waals surface area (Å²) in [6, 6.07) is 5.35. The van der Waals surface area contributed by atoms with E-state index in [9.17, 15) is 9.59 Å². The van der Waals surface area contributed by atoms with Crippen molar-refractivity contribution in [3.63, 3.8) is 0 Å². The Balaban J connectivity index is 3.34. The summed E-state index contributed by atoms with van der Waals surface area (Å²) in [7, 11) is 1.48. The standard InChI is InChI=1S/C14H18O5/c1-9-4-5-11(19-3)10(6-9)14(2,7-12(15)16)8-13(17)18/h4-6H,7-8H2,1-3H3,(H,15,16)(H,17,18). The van der Waals surface area contributed by atoms with Gasteiger partial charge >= 0.3 is 11.9 Å². The molecule has 0 amide bonds. The first-order chi connectivity index (χ1) is 8.78. The van der Waals surface area contributed by atoms with Crippen LogP contribution in [-0.4, -0.2) is 29.3 Å². The molecule has 1 aromatic rings. The van der Waals surface area contributed by atoms with E-state index in [2.05, 4.69) is 0 Å². The highest BCUT2D eigenvalue weighted by Gasteiger charge is 2.35. The molecule has 1 aromatic carbocycles. The van der Waals surface area contributed by atoms with Crippen molar-refractivity contribution < 1.29 is 24.5 Å². The number of carbonyl (C=O) groups is 2. The van der Waals surface area contributed by atoms with Gasteiger partial charge in [0.15, 0.2) is 0 Å². The zero-order chi connectivity index (χ0) is 14.6. The number of carboxylic acid groups (broad SMARTS) is 2. The van der Waals surface area contributed by atoms with Crippen LogP contribution in [0.15, 0.2) is 18.2 Å². The molecule has 0 aliphatic heterocycles. The van der Waals surface area contributed by atoms with Gasteiger partial charge in [-0.1, -0.05) is 24.6 Å². The van der Waals surface area contributed by atoms with Gasteiger partial charge in [0.1, 0.15) is 5.75 Å². The Morgan fingerprint density at radius 2 is 1.74 bits per heavy atom. The summed E-state index contributed by atoms with van der Waals surface area (Å²) < 4.78 is 5.22. The van der Waals surface area contributed by atoms with Gasteiger partial charge in [0, 0.05) is 11.0 Å². The molecule has 0 fully saturated rings. The molecule has 0 saturated carbocycles. The molecule has 0 aromatic heterocycles. The van der Waals surface area contributed by atoms with Gasteiger partial charge in [-0.2, -0.15) is 0 Å². The molecule has 5 heteroatoms. The third-order valence-corrected chi connectivity index (χ3v) is 3.09. The summed E-state index contributed by atoms with van der Waals surface area (Å²) in [4.78, 5) is 22.0. The van der Waals surface area contributed by atoms with E-state index in [4.69, 9.17) is 14.9 Å².